The van der Waals surface area contributed by atoms with Crippen LogP contribution in [0.15, 0.2) is 46.1 Å². The van der Waals surface area contributed by atoms with Crippen LogP contribution in [0.2, 0.25) is 0 Å². The predicted molar refractivity (Wildman–Crippen MR) is 178 cm³/mol. The van der Waals surface area contributed by atoms with Gasteiger partial charge < -0.3 is 19.4 Å². The highest BCUT2D eigenvalue weighted by Gasteiger charge is 2.57. The molecule has 0 amide bonds. The summed E-state index contributed by atoms with van der Waals surface area (Å²) in [4.78, 5) is 18.0. The minimum atomic E-state index is -0.653. The molecule has 6 heteroatoms. The van der Waals surface area contributed by atoms with Crippen LogP contribution in [0.25, 0.3) is 0 Å². The monoisotopic (exact) mass is 621 g/mol. The number of unbranched alkanes of at least 4 members (excludes halogenated alkanes) is 1. The van der Waals surface area contributed by atoms with E-state index in [2.05, 4.69) is 39.5 Å². The molecule has 250 valence electrons. The van der Waals surface area contributed by atoms with Crippen LogP contribution in [0, 0.1) is 28.6 Å². The lowest BCUT2D eigenvalue weighted by Crippen LogP contribution is -2.38. The van der Waals surface area contributed by atoms with Crippen LogP contribution < -0.4 is 0 Å². The van der Waals surface area contributed by atoms with Gasteiger partial charge in [-0.05, 0) is 126 Å². The highest BCUT2D eigenvalue weighted by Crippen LogP contribution is 2.60. The number of hydrogen-bond acceptors (Lipinski definition) is 6. The van der Waals surface area contributed by atoms with E-state index < -0.39 is 17.6 Å². The highest BCUT2D eigenvalue weighted by atomic mass is 16.5. The fourth-order valence-corrected chi connectivity index (χ4v) is 8.86. The number of carbonyl (C=O) groups excluding carboxylic acids is 1. The second-order valence-electron chi connectivity index (χ2n) is 16.3. The molecule has 1 heterocycles. The second-order valence-corrected chi connectivity index (χ2v) is 16.3. The SMILES string of the molecule is C=C1/C(=C\C=C2/CCC[C@]3(C)[C@@H]([C@H](C)CC[C@@H](OC(=O)C(C)(C)C)C4(c5ncc(CCCC)o5)CC4)CC[C@@H]23)C[C@@H](O)C[C@@H]1O. The maximum absolute atomic E-state index is 13.2. The van der Waals surface area contributed by atoms with E-state index in [9.17, 15) is 15.0 Å². The normalized spacial score (nSPS) is 32.8. The molecule has 1 aromatic rings. The third-order valence-electron chi connectivity index (χ3n) is 11.9. The van der Waals surface area contributed by atoms with Gasteiger partial charge in [0.15, 0.2) is 0 Å². The van der Waals surface area contributed by atoms with E-state index in [0.29, 0.717) is 30.6 Å². The number of aromatic nitrogens is 1. The van der Waals surface area contributed by atoms with Gasteiger partial charge in [-0.1, -0.05) is 51.5 Å². The molecule has 1 aromatic heterocycles. The lowest BCUT2D eigenvalue weighted by atomic mass is 9.60. The van der Waals surface area contributed by atoms with Crippen LogP contribution in [0.4, 0.5) is 0 Å². The zero-order valence-electron chi connectivity index (χ0n) is 28.9. The molecule has 7 atom stereocenters. The Labute approximate surface area is 271 Å². The molecule has 4 aliphatic carbocycles. The summed E-state index contributed by atoms with van der Waals surface area (Å²) in [5, 5.41) is 20.5. The van der Waals surface area contributed by atoms with E-state index in [1.807, 2.05) is 27.0 Å². The minimum absolute atomic E-state index is 0.144. The van der Waals surface area contributed by atoms with E-state index in [4.69, 9.17) is 14.1 Å². The molecule has 4 saturated carbocycles. The molecule has 0 aromatic carbocycles. The predicted octanol–water partition coefficient (Wildman–Crippen LogP) is 8.56. The number of carbonyl (C=O) groups is 1. The maximum atomic E-state index is 13.2. The summed E-state index contributed by atoms with van der Waals surface area (Å²) in [7, 11) is 0. The molecule has 45 heavy (non-hydrogen) atoms. The first-order valence-electron chi connectivity index (χ1n) is 17.9. The lowest BCUT2D eigenvalue weighted by molar-refractivity contribution is -0.161. The average molecular weight is 622 g/mol. The molecule has 0 bridgehead atoms. The van der Waals surface area contributed by atoms with Crippen molar-refractivity contribution in [2.45, 2.75) is 155 Å². The first kappa shape index (κ1) is 34.2. The Bertz CT molecular complexity index is 1280. The Hall–Kier alpha value is -2.18. The number of oxazole rings is 1. The van der Waals surface area contributed by atoms with Crippen LogP contribution >= 0.6 is 0 Å². The third kappa shape index (κ3) is 7.22. The Balaban J connectivity index is 1.30. The van der Waals surface area contributed by atoms with Crippen molar-refractivity contribution in [2.24, 2.45) is 28.6 Å². The molecule has 0 saturated heterocycles. The maximum Gasteiger partial charge on any atom is 0.311 e. The Morgan fingerprint density at radius 1 is 1.20 bits per heavy atom. The fourth-order valence-electron chi connectivity index (χ4n) is 8.86. The first-order chi connectivity index (χ1) is 21.3. The number of fused-ring (bicyclic) bond motifs is 1. The molecule has 0 unspecified atom stereocenters. The summed E-state index contributed by atoms with van der Waals surface area (Å²) < 4.78 is 12.7. The zero-order valence-corrected chi connectivity index (χ0v) is 28.9. The fraction of sp³-hybridized carbons (Fsp3) is 0.744. The zero-order chi connectivity index (χ0) is 32.6. The van der Waals surface area contributed by atoms with Crippen molar-refractivity contribution in [1.82, 2.24) is 4.98 Å². The molecule has 0 spiro atoms. The number of hydrogen-bond donors (Lipinski definition) is 2. The van der Waals surface area contributed by atoms with Gasteiger partial charge in [-0.2, -0.15) is 0 Å². The number of ether oxygens (including phenoxy) is 1. The number of aliphatic hydroxyl groups excluding tert-OH is 2. The van der Waals surface area contributed by atoms with Crippen LogP contribution in [0.1, 0.15) is 137 Å². The van der Waals surface area contributed by atoms with Gasteiger partial charge in [0.25, 0.3) is 0 Å². The van der Waals surface area contributed by atoms with Crippen LogP contribution in [0.5, 0.6) is 0 Å². The molecular formula is C39H59NO5. The second kappa shape index (κ2) is 13.5. The summed E-state index contributed by atoms with van der Waals surface area (Å²) in [6, 6.07) is 0. The molecule has 4 aliphatic rings. The number of aliphatic hydroxyl groups is 2. The van der Waals surface area contributed by atoms with Crippen molar-refractivity contribution >= 4 is 5.97 Å². The van der Waals surface area contributed by atoms with Gasteiger partial charge in [-0.15, -0.1) is 0 Å². The van der Waals surface area contributed by atoms with Crippen LogP contribution in [0.3, 0.4) is 0 Å². The number of allylic oxidation sites excluding steroid dienone is 3. The van der Waals surface area contributed by atoms with Crippen molar-refractivity contribution in [3.8, 4) is 0 Å². The number of rotatable bonds is 11. The Kier molecular flexibility index (Phi) is 10.3. The van der Waals surface area contributed by atoms with E-state index in [1.165, 1.54) is 31.3 Å². The van der Waals surface area contributed by atoms with Gasteiger partial charge in [0.05, 0.1) is 29.2 Å². The molecule has 0 radical (unpaired) electrons. The summed E-state index contributed by atoms with van der Waals surface area (Å²) in [5.74, 6) is 3.24. The van der Waals surface area contributed by atoms with Gasteiger partial charge in [-0.25, -0.2) is 4.98 Å². The van der Waals surface area contributed by atoms with Crippen molar-refractivity contribution in [3.05, 3.63) is 53.3 Å². The minimum Gasteiger partial charge on any atom is -0.461 e. The summed E-state index contributed by atoms with van der Waals surface area (Å²) in [6.07, 6.45) is 18.7. The molecular weight excluding hydrogens is 562 g/mol. The lowest BCUT2D eigenvalue weighted by Gasteiger charge is -2.44. The van der Waals surface area contributed by atoms with Crippen molar-refractivity contribution in [3.63, 3.8) is 0 Å². The van der Waals surface area contributed by atoms with Crippen LogP contribution in [-0.2, 0) is 21.4 Å². The van der Waals surface area contributed by atoms with Gasteiger partial charge in [-0.3, -0.25) is 4.79 Å². The van der Waals surface area contributed by atoms with E-state index in [1.54, 1.807) is 0 Å². The molecule has 6 nitrogen and oxygen atoms in total. The molecule has 5 rings (SSSR count). The van der Waals surface area contributed by atoms with Crippen LogP contribution in [-0.4, -0.2) is 39.5 Å². The summed E-state index contributed by atoms with van der Waals surface area (Å²) in [5.41, 5.74) is 2.64. The first-order valence-corrected chi connectivity index (χ1v) is 17.9. The summed E-state index contributed by atoms with van der Waals surface area (Å²) >= 11 is 0. The standard InChI is InChI=1S/C39H59NO5/c1-8-9-12-30-24-40-35(44-30)39(20-21-39)34(45-36(43)37(4,5)6)18-13-25(2)31-16-17-32-27(11-10-19-38(31,32)7)14-15-28-22-29(41)23-33(42)26(28)3/h14-15,24-25,29,31-34,41-42H,3,8-13,16-23H2,1-2,4-7H3/b27-14+,28-15-/t25-,29-,31-,32+,33+,34-,38-/m1/s1. The number of esters is 1. The van der Waals surface area contributed by atoms with E-state index in [0.717, 1.165) is 74.2 Å². The quantitative estimate of drug-likeness (QED) is 0.241. The molecule has 0 aliphatic heterocycles. The van der Waals surface area contributed by atoms with Gasteiger partial charge in [0.1, 0.15) is 11.9 Å². The van der Waals surface area contributed by atoms with E-state index >= 15 is 0 Å². The smallest absolute Gasteiger partial charge is 0.311 e. The van der Waals surface area contributed by atoms with Crippen molar-refractivity contribution in [1.29, 1.82) is 0 Å². The average Bonchev–Trinajstić information content (AvgIpc) is 3.50. The third-order valence-corrected chi connectivity index (χ3v) is 11.9. The Morgan fingerprint density at radius 2 is 1.96 bits per heavy atom. The van der Waals surface area contributed by atoms with E-state index in [-0.39, 0.29) is 22.9 Å². The van der Waals surface area contributed by atoms with Gasteiger partial charge in [0.2, 0.25) is 5.89 Å². The number of aryl methyl sites for hydroxylation is 1. The van der Waals surface area contributed by atoms with Gasteiger partial charge in [0, 0.05) is 12.8 Å². The molecule has 2 N–H and O–H groups in total. The van der Waals surface area contributed by atoms with Crippen molar-refractivity contribution < 1.29 is 24.2 Å². The molecule has 4 fully saturated rings. The van der Waals surface area contributed by atoms with Gasteiger partial charge >= 0.3 is 5.97 Å². The highest BCUT2D eigenvalue weighted by molar-refractivity contribution is 5.75. The summed E-state index contributed by atoms with van der Waals surface area (Å²) in [6.45, 7) is 17.0. The number of nitrogens with zero attached hydrogens (tertiary/aromatic N) is 1. The van der Waals surface area contributed by atoms with Crippen molar-refractivity contribution in [2.75, 3.05) is 0 Å². The Morgan fingerprint density at radius 3 is 2.64 bits per heavy atom. The topological polar surface area (TPSA) is 92.8 Å². The largest absolute Gasteiger partial charge is 0.461 e.